The van der Waals surface area contributed by atoms with E-state index >= 15 is 0 Å². The summed E-state index contributed by atoms with van der Waals surface area (Å²) in [4.78, 5) is 0. The minimum absolute atomic E-state index is 0.0125. The summed E-state index contributed by atoms with van der Waals surface area (Å²) in [6.07, 6.45) is -0.632. The van der Waals surface area contributed by atoms with E-state index in [9.17, 15) is 13.2 Å². The van der Waals surface area contributed by atoms with Crippen LogP contribution in [0, 0.1) is 0 Å². The number of hydrogen-bond donors (Lipinski definition) is 1. The Morgan fingerprint density at radius 2 is 2.04 bits per heavy atom. The SMILES string of the molecule is CCOc1ccc(NCc2noc3c2CCCC3)c(C(F)(F)F)c1. The van der Waals surface area contributed by atoms with Gasteiger partial charge in [-0.1, -0.05) is 5.16 Å². The van der Waals surface area contributed by atoms with Crippen LogP contribution in [0.3, 0.4) is 0 Å². The maximum Gasteiger partial charge on any atom is 0.418 e. The summed E-state index contributed by atoms with van der Waals surface area (Å²) in [5.74, 6) is 1.06. The number of nitrogens with zero attached hydrogens (tertiary/aromatic N) is 1. The maximum absolute atomic E-state index is 13.3. The second-order valence-electron chi connectivity index (χ2n) is 5.73. The van der Waals surface area contributed by atoms with Crippen molar-refractivity contribution in [3.63, 3.8) is 0 Å². The predicted octanol–water partition coefficient (Wildman–Crippen LogP) is 4.58. The van der Waals surface area contributed by atoms with Gasteiger partial charge in [0.2, 0.25) is 0 Å². The molecule has 0 saturated heterocycles. The summed E-state index contributed by atoms with van der Waals surface area (Å²) >= 11 is 0. The van der Waals surface area contributed by atoms with Crippen molar-refractivity contribution in [3.8, 4) is 5.75 Å². The van der Waals surface area contributed by atoms with Gasteiger partial charge in [-0.05, 0) is 44.4 Å². The van der Waals surface area contributed by atoms with E-state index in [1.807, 2.05) is 0 Å². The molecule has 0 amide bonds. The monoisotopic (exact) mass is 340 g/mol. The number of anilines is 1. The van der Waals surface area contributed by atoms with Gasteiger partial charge in [-0.3, -0.25) is 0 Å². The molecule has 1 N–H and O–H groups in total. The highest BCUT2D eigenvalue weighted by molar-refractivity contribution is 5.56. The van der Waals surface area contributed by atoms with Crippen molar-refractivity contribution in [2.24, 2.45) is 0 Å². The van der Waals surface area contributed by atoms with Gasteiger partial charge in [-0.2, -0.15) is 13.2 Å². The molecule has 3 rings (SSSR count). The smallest absolute Gasteiger partial charge is 0.418 e. The fourth-order valence-electron chi connectivity index (χ4n) is 2.94. The van der Waals surface area contributed by atoms with E-state index in [0.29, 0.717) is 12.3 Å². The van der Waals surface area contributed by atoms with Crippen molar-refractivity contribution in [1.29, 1.82) is 0 Å². The van der Waals surface area contributed by atoms with Gasteiger partial charge in [0.15, 0.2) is 0 Å². The van der Waals surface area contributed by atoms with Crippen LogP contribution in [0.25, 0.3) is 0 Å². The van der Waals surface area contributed by atoms with Crippen molar-refractivity contribution in [1.82, 2.24) is 5.16 Å². The number of aromatic nitrogens is 1. The lowest BCUT2D eigenvalue weighted by molar-refractivity contribution is -0.137. The molecule has 24 heavy (non-hydrogen) atoms. The number of halogens is 3. The average molecular weight is 340 g/mol. The van der Waals surface area contributed by atoms with Gasteiger partial charge >= 0.3 is 6.18 Å². The summed E-state index contributed by atoms with van der Waals surface area (Å²) in [5, 5.41) is 6.85. The molecule has 0 fully saturated rings. The first-order valence-electron chi connectivity index (χ1n) is 8.03. The molecule has 0 radical (unpaired) electrons. The highest BCUT2D eigenvalue weighted by atomic mass is 19.4. The Bertz CT molecular complexity index is 710. The highest BCUT2D eigenvalue weighted by Gasteiger charge is 2.34. The highest BCUT2D eigenvalue weighted by Crippen LogP contribution is 2.37. The number of hydrogen-bond acceptors (Lipinski definition) is 4. The van der Waals surface area contributed by atoms with Crippen LogP contribution in [0.15, 0.2) is 22.7 Å². The zero-order valence-corrected chi connectivity index (χ0v) is 13.4. The lowest BCUT2D eigenvalue weighted by Gasteiger charge is -2.16. The molecule has 1 aliphatic rings. The molecule has 4 nitrogen and oxygen atoms in total. The molecular formula is C17H19F3N2O2. The lowest BCUT2D eigenvalue weighted by atomic mass is 9.96. The van der Waals surface area contributed by atoms with Gasteiger partial charge in [0.1, 0.15) is 17.2 Å². The Labute approximate surface area is 138 Å². The third-order valence-corrected chi connectivity index (χ3v) is 4.09. The fraction of sp³-hybridized carbons (Fsp3) is 0.471. The summed E-state index contributed by atoms with van der Waals surface area (Å²) in [6.45, 7) is 2.25. The number of alkyl halides is 3. The zero-order chi connectivity index (χ0) is 17.2. The number of benzene rings is 1. The maximum atomic E-state index is 13.3. The molecule has 0 unspecified atom stereocenters. The van der Waals surface area contributed by atoms with Crippen molar-refractivity contribution >= 4 is 5.69 Å². The Morgan fingerprint density at radius 3 is 2.79 bits per heavy atom. The van der Waals surface area contributed by atoms with Crippen LogP contribution in [0.5, 0.6) is 5.75 Å². The molecule has 1 aromatic carbocycles. The molecule has 0 spiro atoms. The van der Waals surface area contributed by atoms with E-state index in [4.69, 9.17) is 9.26 Å². The number of fused-ring (bicyclic) bond motifs is 1. The predicted molar refractivity (Wildman–Crippen MR) is 83.1 cm³/mol. The van der Waals surface area contributed by atoms with E-state index in [1.165, 1.54) is 12.1 Å². The van der Waals surface area contributed by atoms with E-state index in [1.54, 1.807) is 6.92 Å². The first-order valence-corrected chi connectivity index (χ1v) is 8.03. The summed E-state index contributed by atoms with van der Waals surface area (Å²) < 4.78 is 50.3. The average Bonchev–Trinajstić information content (AvgIpc) is 2.96. The summed E-state index contributed by atoms with van der Waals surface area (Å²) in [5.41, 5.74) is 0.990. The molecule has 0 aliphatic heterocycles. The normalized spacial score (nSPS) is 14.3. The fourth-order valence-corrected chi connectivity index (χ4v) is 2.94. The number of ether oxygens (including phenoxy) is 1. The lowest BCUT2D eigenvalue weighted by Crippen LogP contribution is -2.12. The van der Waals surface area contributed by atoms with E-state index in [-0.39, 0.29) is 18.0 Å². The number of rotatable bonds is 5. The molecule has 0 bridgehead atoms. The standard InChI is InChI=1S/C17H19F3N2O2/c1-2-23-11-7-8-14(13(9-11)17(18,19)20)21-10-15-12-5-3-4-6-16(12)24-22-15/h7-9,21H,2-6,10H2,1H3. The zero-order valence-electron chi connectivity index (χ0n) is 13.4. The van der Waals surface area contributed by atoms with Crippen molar-refractivity contribution in [2.75, 3.05) is 11.9 Å². The third kappa shape index (κ3) is 3.49. The van der Waals surface area contributed by atoms with Gasteiger partial charge in [0, 0.05) is 17.7 Å². The molecule has 1 aliphatic carbocycles. The van der Waals surface area contributed by atoms with Crippen LogP contribution >= 0.6 is 0 Å². The van der Waals surface area contributed by atoms with Crippen LogP contribution in [0.1, 0.15) is 42.3 Å². The third-order valence-electron chi connectivity index (χ3n) is 4.09. The minimum atomic E-state index is -4.46. The largest absolute Gasteiger partial charge is 0.494 e. The Morgan fingerprint density at radius 1 is 1.25 bits per heavy atom. The summed E-state index contributed by atoms with van der Waals surface area (Å²) in [7, 11) is 0. The molecule has 1 heterocycles. The Balaban J connectivity index is 1.80. The van der Waals surface area contributed by atoms with Crippen molar-refractivity contribution in [2.45, 2.75) is 45.3 Å². The molecule has 2 aromatic rings. The first-order chi connectivity index (χ1) is 11.5. The van der Waals surface area contributed by atoms with Crippen LogP contribution in [-0.4, -0.2) is 11.8 Å². The van der Waals surface area contributed by atoms with Gasteiger partial charge in [-0.25, -0.2) is 0 Å². The van der Waals surface area contributed by atoms with Gasteiger partial charge in [0.25, 0.3) is 0 Å². The molecule has 0 saturated carbocycles. The van der Waals surface area contributed by atoms with Crippen molar-refractivity contribution in [3.05, 3.63) is 40.8 Å². The molecule has 1 aromatic heterocycles. The minimum Gasteiger partial charge on any atom is -0.494 e. The second kappa shape index (κ2) is 6.75. The van der Waals surface area contributed by atoms with Gasteiger partial charge in [0.05, 0.1) is 18.7 Å². The topological polar surface area (TPSA) is 47.3 Å². The molecule has 130 valence electrons. The quantitative estimate of drug-likeness (QED) is 0.865. The van der Waals surface area contributed by atoms with E-state index in [0.717, 1.165) is 43.1 Å². The van der Waals surface area contributed by atoms with E-state index < -0.39 is 11.7 Å². The van der Waals surface area contributed by atoms with Gasteiger partial charge in [-0.15, -0.1) is 0 Å². The molecule has 7 heteroatoms. The summed E-state index contributed by atoms with van der Waals surface area (Å²) in [6, 6.07) is 3.93. The molecular weight excluding hydrogens is 321 g/mol. The van der Waals surface area contributed by atoms with Crippen LogP contribution < -0.4 is 10.1 Å². The number of aryl methyl sites for hydroxylation is 1. The van der Waals surface area contributed by atoms with E-state index in [2.05, 4.69) is 10.5 Å². The van der Waals surface area contributed by atoms with Crippen LogP contribution in [0.2, 0.25) is 0 Å². The van der Waals surface area contributed by atoms with Crippen LogP contribution in [-0.2, 0) is 25.6 Å². The molecule has 0 atom stereocenters. The van der Waals surface area contributed by atoms with Gasteiger partial charge < -0.3 is 14.6 Å². The Hall–Kier alpha value is -2.18. The number of nitrogens with one attached hydrogen (secondary N) is 1. The van der Waals surface area contributed by atoms with Crippen molar-refractivity contribution < 1.29 is 22.4 Å². The second-order valence-corrected chi connectivity index (χ2v) is 5.73. The Kier molecular flexibility index (Phi) is 4.69. The first kappa shape index (κ1) is 16.7. The van der Waals surface area contributed by atoms with Crippen LogP contribution in [0.4, 0.5) is 18.9 Å².